The Bertz CT molecular complexity index is 1400. The first-order valence-corrected chi connectivity index (χ1v) is 13.7. The molecule has 0 atom stereocenters. The molecule has 0 radical (unpaired) electrons. The predicted molar refractivity (Wildman–Crippen MR) is 162 cm³/mol. The minimum absolute atomic E-state index is 0.681. The summed E-state index contributed by atoms with van der Waals surface area (Å²) in [5.41, 5.74) is 7.23. The lowest BCUT2D eigenvalue weighted by atomic mass is 9.96. The highest BCUT2D eigenvalue weighted by Gasteiger charge is 2.13. The van der Waals surface area contributed by atoms with E-state index in [2.05, 4.69) is 86.4 Å². The molecule has 3 N–H and O–H groups in total. The highest BCUT2D eigenvalue weighted by Crippen LogP contribution is 2.27. The highest BCUT2D eigenvalue weighted by atomic mass is 32.2. The minimum atomic E-state index is -1.40. The maximum Gasteiger partial charge on any atom is 0.135 e. The van der Waals surface area contributed by atoms with Gasteiger partial charge in [0.05, 0.1) is 41.0 Å². The number of nitrogens with zero attached hydrogens (tertiary/aromatic N) is 4. The summed E-state index contributed by atoms with van der Waals surface area (Å²) in [4.78, 5) is 15.3. The molecule has 0 unspecified atom stereocenters. The van der Waals surface area contributed by atoms with Crippen LogP contribution in [0.3, 0.4) is 0 Å². The Kier molecular flexibility index (Phi) is 8.22. The Morgan fingerprint density at radius 2 is 1.69 bits per heavy atom. The minimum Gasteiger partial charge on any atom is -0.365 e. The molecule has 0 amide bonds. The Labute approximate surface area is 215 Å². The van der Waals surface area contributed by atoms with E-state index in [0.717, 1.165) is 51.0 Å². The van der Waals surface area contributed by atoms with Gasteiger partial charge in [0, 0.05) is 38.5 Å². The number of aliphatic imine (C=N–C) groups is 1. The van der Waals surface area contributed by atoms with Gasteiger partial charge in [-0.1, -0.05) is 37.0 Å². The van der Waals surface area contributed by atoms with E-state index in [0.29, 0.717) is 5.70 Å². The SMILES string of the molecule is C=C(Nc1ccc(NS(=C)(=C)C)nc1)C(=NC)c1cc(-c2cncc(NC(=C)N(C)C)c2)ccc1C. The van der Waals surface area contributed by atoms with E-state index in [1.807, 2.05) is 43.6 Å². The van der Waals surface area contributed by atoms with Crippen LogP contribution < -0.4 is 15.4 Å². The van der Waals surface area contributed by atoms with Gasteiger partial charge in [-0.25, -0.2) is 4.98 Å². The summed E-state index contributed by atoms with van der Waals surface area (Å²) < 4.78 is 3.23. The van der Waals surface area contributed by atoms with Crippen LogP contribution in [0.5, 0.6) is 0 Å². The number of benzene rings is 1. The van der Waals surface area contributed by atoms with Crippen molar-refractivity contribution in [3.05, 3.63) is 90.8 Å². The van der Waals surface area contributed by atoms with Gasteiger partial charge in [-0.3, -0.25) is 9.98 Å². The first-order chi connectivity index (χ1) is 17.0. The molecule has 3 aromatic rings. The summed E-state index contributed by atoms with van der Waals surface area (Å²) in [7, 11) is 4.25. The van der Waals surface area contributed by atoms with Crippen LogP contribution in [-0.4, -0.2) is 59.7 Å². The lowest BCUT2D eigenvalue weighted by Crippen LogP contribution is -2.16. The zero-order valence-electron chi connectivity index (χ0n) is 21.7. The van der Waals surface area contributed by atoms with Crippen molar-refractivity contribution in [2.45, 2.75) is 6.92 Å². The molecule has 0 aliphatic heterocycles. The van der Waals surface area contributed by atoms with Crippen molar-refractivity contribution in [2.75, 3.05) is 42.8 Å². The van der Waals surface area contributed by atoms with Crippen LogP contribution in [0.2, 0.25) is 0 Å². The van der Waals surface area contributed by atoms with Crippen molar-refractivity contribution in [1.29, 1.82) is 0 Å². The van der Waals surface area contributed by atoms with Crippen LogP contribution in [0.15, 0.2) is 84.7 Å². The molecule has 0 bridgehead atoms. The fourth-order valence-electron chi connectivity index (χ4n) is 3.43. The summed E-state index contributed by atoms with van der Waals surface area (Å²) in [5.74, 6) is 9.58. The van der Waals surface area contributed by atoms with E-state index in [9.17, 15) is 0 Å². The topological polar surface area (TPSA) is 77.5 Å². The van der Waals surface area contributed by atoms with Crippen molar-refractivity contribution in [3.63, 3.8) is 0 Å². The molecule has 2 aromatic heterocycles. The summed E-state index contributed by atoms with van der Waals surface area (Å²) in [5, 5.41) is 6.61. The second-order valence-corrected chi connectivity index (χ2v) is 11.7. The largest absolute Gasteiger partial charge is 0.365 e. The molecule has 0 aliphatic rings. The molecular weight excluding hydrogens is 466 g/mol. The van der Waals surface area contributed by atoms with Crippen LogP contribution in [-0.2, 0) is 0 Å². The van der Waals surface area contributed by atoms with Gasteiger partial charge in [-0.15, -0.1) is 9.39 Å². The van der Waals surface area contributed by atoms with E-state index >= 15 is 0 Å². The third kappa shape index (κ3) is 6.99. The molecule has 1 aromatic carbocycles. The normalized spacial score (nSPS) is 11.5. The van der Waals surface area contributed by atoms with Crippen LogP contribution >= 0.6 is 9.39 Å². The highest BCUT2D eigenvalue weighted by molar-refractivity contribution is 8.28. The number of aryl methyl sites for hydroxylation is 1. The first-order valence-electron chi connectivity index (χ1n) is 11.3. The van der Waals surface area contributed by atoms with Crippen molar-refractivity contribution >= 4 is 44.0 Å². The Morgan fingerprint density at radius 3 is 2.31 bits per heavy atom. The molecule has 3 rings (SSSR count). The number of pyridine rings is 2. The fourth-order valence-corrected chi connectivity index (χ4v) is 4.06. The van der Waals surface area contributed by atoms with Crippen LogP contribution in [0, 0.1) is 6.92 Å². The number of nitrogens with one attached hydrogen (secondary N) is 3. The van der Waals surface area contributed by atoms with E-state index in [1.165, 1.54) is 0 Å². The van der Waals surface area contributed by atoms with E-state index in [1.54, 1.807) is 19.4 Å². The van der Waals surface area contributed by atoms with Crippen LogP contribution in [0.1, 0.15) is 11.1 Å². The van der Waals surface area contributed by atoms with Gasteiger partial charge in [0.25, 0.3) is 0 Å². The van der Waals surface area contributed by atoms with Gasteiger partial charge in [0.15, 0.2) is 0 Å². The summed E-state index contributed by atoms with van der Waals surface area (Å²) in [6.45, 7) is 10.3. The number of hydrogen-bond acceptors (Lipinski definition) is 7. The zero-order chi connectivity index (χ0) is 26.5. The Balaban J connectivity index is 1.84. The summed E-state index contributed by atoms with van der Waals surface area (Å²) in [6, 6.07) is 12.2. The van der Waals surface area contributed by atoms with Gasteiger partial charge in [-0.05, 0) is 48.6 Å². The molecule has 0 fully saturated rings. The second-order valence-electron chi connectivity index (χ2n) is 8.94. The zero-order valence-corrected chi connectivity index (χ0v) is 22.5. The van der Waals surface area contributed by atoms with Gasteiger partial charge < -0.3 is 20.3 Å². The van der Waals surface area contributed by atoms with Gasteiger partial charge >= 0.3 is 0 Å². The Morgan fingerprint density at radius 1 is 0.944 bits per heavy atom. The second kappa shape index (κ2) is 11.1. The van der Waals surface area contributed by atoms with E-state index < -0.39 is 9.39 Å². The number of rotatable bonds is 10. The fraction of sp³-hybridized carbons (Fsp3) is 0.179. The summed E-state index contributed by atoms with van der Waals surface area (Å²) >= 11 is 0. The number of anilines is 3. The third-order valence-electron chi connectivity index (χ3n) is 5.31. The maximum atomic E-state index is 4.56. The number of aromatic nitrogens is 2. The van der Waals surface area contributed by atoms with Crippen molar-refractivity contribution in [3.8, 4) is 11.1 Å². The van der Waals surface area contributed by atoms with Crippen molar-refractivity contribution in [2.24, 2.45) is 4.99 Å². The molecule has 0 saturated heterocycles. The van der Waals surface area contributed by atoms with Crippen LogP contribution in [0.25, 0.3) is 11.1 Å². The molecule has 7 nitrogen and oxygen atoms in total. The summed E-state index contributed by atoms with van der Waals surface area (Å²) in [6.07, 6.45) is 7.34. The average Bonchev–Trinajstić information content (AvgIpc) is 2.81. The third-order valence-corrected chi connectivity index (χ3v) is 6.01. The number of allylic oxidation sites excluding steroid dienone is 1. The first kappa shape index (κ1) is 26.6. The smallest absolute Gasteiger partial charge is 0.135 e. The number of hydrogen-bond donors (Lipinski definition) is 3. The van der Waals surface area contributed by atoms with Crippen LogP contribution in [0.4, 0.5) is 17.2 Å². The molecule has 0 saturated carbocycles. The molecular formula is C28H35N7S. The lowest BCUT2D eigenvalue weighted by molar-refractivity contribution is 0.521. The monoisotopic (exact) mass is 501 g/mol. The molecule has 188 valence electrons. The standard InChI is InChI=1S/C28H35N7S/c1-19-10-11-22(23-14-25(17-30-16-23)33-21(3)35(5)6)15-26(19)28(29-4)20(2)32-24-12-13-27(31-18-24)34-36(7,8)9/h10-18,32-33H,2-3,7-8H2,1,4-6,9H3,(H,31,34). The molecule has 8 heteroatoms. The van der Waals surface area contributed by atoms with Crippen molar-refractivity contribution < 1.29 is 0 Å². The maximum absolute atomic E-state index is 4.56. The average molecular weight is 502 g/mol. The molecule has 36 heavy (non-hydrogen) atoms. The predicted octanol–water partition coefficient (Wildman–Crippen LogP) is 5.57. The van der Waals surface area contributed by atoms with E-state index in [4.69, 9.17) is 0 Å². The van der Waals surface area contributed by atoms with Gasteiger partial charge in [0.2, 0.25) is 0 Å². The van der Waals surface area contributed by atoms with Gasteiger partial charge in [-0.2, -0.15) is 0 Å². The molecule has 0 aliphatic carbocycles. The molecule has 0 spiro atoms. The van der Waals surface area contributed by atoms with Crippen molar-refractivity contribution in [1.82, 2.24) is 14.9 Å². The lowest BCUT2D eigenvalue weighted by Gasteiger charge is -2.18. The quantitative estimate of drug-likeness (QED) is 0.249. The molecule has 2 heterocycles. The van der Waals surface area contributed by atoms with Gasteiger partial charge in [0.1, 0.15) is 5.82 Å². The van der Waals surface area contributed by atoms with E-state index in [-0.39, 0.29) is 0 Å². The Hall–Kier alpha value is -4.04.